The van der Waals surface area contributed by atoms with Gasteiger partial charge in [0, 0.05) is 6.04 Å². The van der Waals surface area contributed by atoms with Gasteiger partial charge in [0.15, 0.2) is 0 Å². The lowest BCUT2D eigenvalue weighted by molar-refractivity contribution is -0.131. The van der Waals surface area contributed by atoms with Crippen molar-refractivity contribution in [3.8, 4) is 0 Å². The summed E-state index contributed by atoms with van der Waals surface area (Å²) in [6.45, 7) is 0. The van der Waals surface area contributed by atoms with Gasteiger partial charge in [-0.05, 0) is 25.7 Å². The van der Waals surface area contributed by atoms with Crippen molar-refractivity contribution in [2.24, 2.45) is 0 Å². The molecule has 0 atom stereocenters. The molecule has 1 aliphatic heterocycles. The molecule has 1 N–H and O–H groups in total. The molecule has 0 bridgehead atoms. The van der Waals surface area contributed by atoms with Crippen LogP contribution in [0.5, 0.6) is 0 Å². The number of hydrogen-bond donors (Lipinski definition) is 1. The van der Waals surface area contributed by atoms with Crippen molar-refractivity contribution in [1.29, 1.82) is 0 Å². The lowest BCUT2D eigenvalue weighted by Gasteiger charge is -2.19. The Kier molecular flexibility index (Phi) is 1.47. The molecule has 2 saturated carbocycles. The highest BCUT2D eigenvalue weighted by molar-refractivity contribution is 6.07. The molecular weight excluding hydrogens is 180 g/mol. The first-order valence-electron chi connectivity index (χ1n) is 5.39. The van der Waals surface area contributed by atoms with Crippen molar-refractivity contribution in [2.75, 3.05) is 0 Å². The third-order valence-electron chi connectivity index (χ3n) is 3.56. The Balaban J connectivity index is 1.90. The number of rotatable bonds is 1. The molecule has 76 valence electrons. The first kappa shape index (κ1) is 8.26. The fraction of sp³-hybridized carbons (Fsp3) is 0.800. The highest BCUT2D eigenvalue weighted by Crippen LogP contribution is 2.39. The molecule has 0 aromatic heterocycles. The van der Waals surface area contributed by atoms with Crippen LogP contribution in [0.15, 0.2) is 0 Å². The van der Waals surface area contributed by atoms with Crippen molar-refractivity contribution in [1.82, 2.24) is 10.2 Å². The van der Waals surface area contributed by atoms with E-state index in [2.05, 4.69) is 5.32 Å². The van der Waals surface area contributed by atoms with Gasteiger partial charge in [0.1, 0.15) is 5.54 Å². The maximum Gasteiger partial charge on any atom is 0.325 e. The van der Waals surface area contributed by atoms with E-state index in [-0.39, 0.29) is 18.0 Å². The van der Waals surface area contributed by atoms with E-state index in [4.69, 9.17) is 0 Å². The van der Waals surface area contributed by atoms with Crippen molar-refractivity contribution < 1.29 is 9.59 Å². The highest BCUT2D eigenvalue weighted by atomic mass is 16.2. The zero-order valence-electron chi connectivity index (χ0n) is 8.08. The van der Waals surface area contributed by atoms with Crippen molar-refractivity contribution in [2.45, 2.75) is 50.1 Å². The summed E-state index contributed by atoms with van der Waals surface area (Å²) in [6.07, 6.45) is 5.78. The number of imide groups is 1. The summed E-state index contributed by atoms with van der Waals surface area (Å²) < 4.78 is 0. The first-order chi connectivity index (χ1) is 6.73. The van der Waals surface area contributed by atoms with Crippen LogP contribution in [0.4, 0.5) is 4.79 Å². The summed E-state index contributed by atoms with van der Waals surface area (Å²) in [6, 6.07) is 0.0573. The molecule has 3 rings (SSSR count). The Hall–Kier alpha value is -1.06. The van der Waals surface area contributed by atoms with E-state index in [1.807, 2.05) is 0 Å². The van der Waals surface area contributed by atoms with Crippen LogP contribution in [0.25, 0.3) is 0 Å². The van der Waals surface area contributed by atoms with E-state index in [1.165, 1.54) is 4.90 Å². The second-order valence-electron chi connectivity index (χ2n) is 4.63. The second-order valence-corrected chi connectivity index (χ2v) is 4.63. The number of hydrogen-bond acceptors (Lipinski definition) is 2. The molecule has 4 heteroatoms. The molecule has 1 heterocycles. The zero-order chi connectivity index (χ0) is 9.76. The van der Waals surface area contributed by atoms with Gasteiger partial charge in [-0.25, -0.2) is 4.79 Å². The summed E-state index contributed by atoms with van der Waals surface area (Å²) in [4.78, 5) is 25.1. The van der Waals surface area contributed by atoms with Gasteiger partial charge in [-0.3, -0.25) is 9.69 Å². The Morgan fingerprint density at radius 1 is 1.21 bits per heavy atom. The molecule has 3 aliphatic rings. The molecule has 0 aromatic rings. The lowest BCUT2D eigenvalue weighted by Crippen LogP contribution is -2.44. The second kappa shape index (κ2) is 2.49. The van der Waals surface area contributed by atoms with Crippen LogP contribution >= 0.6 is 0 Å². The van der Waals surface area contributed by atoms with E-state index in [0.29, 0.717) is 0 Å². The maximum atomic E-state index is 12.1. The molecule has 0 unspecified atom stereocenters. The maximum absolute atomic E-state index is 12.1. The van der Waals surface area contributed by atoms with Crippen LogP contribution in [0.2, 0.25) is 0 Å². The minimum atomic E-state index is -0.500. The molecule has 1 spiro atoms. The molecule has 2 aliphatic carbocycles. The fourth-order valence-electron chi connectivity index (χ4n) is 2.62. The van der Waals surface area contributed by atoms with E-state index < -0.39 is 5.54 Å². The van der Waals surface area contributed by atoms with Gasteiger partial charge in [0.05, 0.1) is 0 Å². The standard InChI is InChI=1S/C10H14N2O2/c13-8-10(5-1-2-6-10)11-9(14)12(8)7-3-4-7/h7H,1-6H2,(H,11,14). The first-order valence-corrected chi connectivity index (χ1v) is 5.39. The Labute approximate surface area is 82.6 Å². The van der Waals surface area contributed by atoms with Gasteiger partial charge in [-0.2, -0.15) is 0 Å². The summed E-state index contributed by atoms with van der Waals surface area (Å²) >= 11 is 0. The molecule has 0 radical (unpaired) electrons. The lowest BCUT2D eigenvalue weighted by atomic mass is 9.98. The normalized spacial score (nSPS) is 30.1. The van der Waals surface area contributed by atoms with Gasteiger partial charge < -0.3 is 5.32 Å². The van der Waals surface area contributed by atoms with Crippen LogP contribution in [0, 0.1) is 0 Å². The van der Waals surface area contributed by atoms with E-state index in [1.54, 1.807) is 0 Å². The Bertz CT molecular complexity index is 303. The molecule has 14 heavy (non-hydrogen) atoms. The average molecular weight is 194 g/mol. The number of carbonyl (C=O) groups excluding carboxylic acids is 2. The minimum absolute atomic E-state index is 0.0440. The highest BCUT2D eigenvalue weighted by Gasteiger charge is 2.55. The summed E-state index contributed by atoms with van der Waals surface area (Å²) in [7, 11) is 0. The zero-order valence-corrected chi connectivity index (χ0v) is 8.08. The van der Waals surface area contributed by atoms with Crippen LogP contribution in [-0.4, -0.2) is 28.4 Å². The number of carbonyl (C=O) groups is 2. The Morgan fingerprint density at radius 2 is 1.86 bits per heavy atom. The van der Waals surface area contributed by atoms with Crippen LogP contribution in [-0.2, 0) is 4.79 Å². The van der Waals surface area contributed by atoms with Crippen LogP contribution in [0.3, 0.4) is 0 Å². The summed E-state index contributed by atoms with van der Waals surface area (Å²) in [5, 5.41) is 2.89. The van der Waals surface area contributed by atoms with Gasteiger partial charge in [-0.15, -0.1) is 0 Å². The Morgan fingerprint density at radius 3 is 2.43 bits per heavy atom. The largest absolute Gasteiger partial charge is 0.325 e. The van der Waals surface area contributed by atoms with Crippen LogP contribution < -0.4 is 5.32 Å². The number of nitrogens with one attached hydrogen (secondary N) is 1. The van der Waals surface area contributed by atoms with Crippen LogP contribution in [0.1, 0.15) is 38.5 Å². The van der Waals surface area contributed by atoms with Crippen molar-refractivity contribution in [3.63, 3.8) is 0 Å². The predicted octanol–water partition coefficient (Wildman–Crippen LogP) is 1.01. The summed E-state index contributed by atoms with van der Waals surface area (Å²) in [5.41, 5.74) is -0.500. The van der Waals surface area contributed by atoms with Gasteiger partial charge in [0.2, 0.25) is 0 Å². The summed E-state index contributed by atoms with van der Waals surface area (Å²) in [5.74, 6) is 0.0440. The molecule has 3 fully saturated rings. The third kappa shape index (κ3) is 0.938. The van der Waals surface area contributed by atoms with Gasteiger partial charge in [0.25, 0.3) is 5.91 Å². The third-order valence-corrected chi connectivity index (χ3v) is 3.56. The van der Waals surface area contributed by atoms with E-state index in [9.17, 15) is 9.59 Å². The van der Waals surface area contributed by atoms with Gasteiger partial charge >= 0.3 is 6.03 Å². The molecule has 4 nitrogen and oxygen atoms in total. The number of urea groups is 1. The number of amides is 3. The number of nitrogens with zero attached hydrogens (tertiary/aromatic N) is 1. The molecule has 3 amide bonds. The minimum Gasteiger partial charge on any atom is -0.323 e. The van der Waals surface area contributed by atoms with Crippen molar-refractivity contribution in [3.05, 3.63) is 0 Å². The van der Waals surface area contributed by atoms with E-state index in [0.717, 1.165) is 38.5 Å². The fourth-order valence-corrected chi connectivity index (χ4v) is 2.62. The predicted molar refractivity (Wildman–Crippen MR) is 49.6 cm³/mol. The quantitative estimate of drug-likeness (QED) is 0.633. The SMILES string of the molecule is O=C1NC2(CCCC2)C(=O)N1C1CC1. The average Bonchev–Trinajstić information content (AvgIpc) is 2.81. The van der Waals surface area contributed by atoms with E-state index >= 15 is 0 Å². The monoisotopic (exact) mass is 194 g/mol. The molecule has 1 saturated heterocycles. The molecule has 0 aromatic carbocycles. The van der Waals surface area contributed by atoms with Gasteiger partial charge in [-0.1, -0.05) is 12.8 Å². The van der Waals surface area contributed by atoms with Crippen molar-refractivity contribution >= 4 is 11.9 Å². The topological polar surface area (TPSA) is 49.4 Å². The molecular formula is C10H14N2O2. The smallest absolute Gasteiger partial charge is 0.323 e.